The number of ether oxygens (including phenoxy) is 1. The van der Waals surface area contributed by atoms with Crippen molar-refractivity contribution in [3.05, 3.63) is 18.5 Å². The van der Waals surface area contributed by atoms with Crippen molar-refractivity contribution in [1.82, 2.24) is 14.9 Å². The van der Waals surface area contributed by atoms with E-state index in [1.165, 1.54) is 0 Å². The Morgan fingerprint density at radius 3 is 2.55 bits per heavy atom. The van der Waals surface area contributed by atoms with E-state index in [0.29, 0.717) is 13.2 Å². The fourth-order valence-electron chi connectivity index (χ4n) is 1.65. The molecule has 0 bridgehead atoms. The van der Waals surface area contributed by atoms with E-state index in [1.54, 1.807) is 30.3 Å². The third-order valence-corrected chi connectivity index (χ3v) is 2.38. The number of aromatic nitrogens is 2. The summed E-state index contributed by atoms with van der Waals surface area (Å²) in [4.78, 5) is 32.9. The topological polar surface area (TPSA) is 84.4 Å². The Morgan fingerprint density at radius 1 is 1.25 bits per heavy atom. The third-order valence-electron chi connectivity index (χ3n) is 2.38. The molecule has 1 amide bonds. The van der Waals surface area contributed by atoms with Gasteiger partial charge >= 0.3 is 5.97 Å². The van der Waals surface area contributed by atoms with Crippen LogP contribution in [0.4, 0.5) is 5.95 Å². The predicted molar refractivity (Wildman–Crippen MR) is 74.0 cm³/mol. The number of amides is 1. The van der Waals surface area contributed by atoms with E-state index >= 15 is 0 Å². The quantitative estimate of drug-likeness (QED) is 0.705. The zero-order valence-electron chi connectivity index (χ0n) is 11.8. The molecule has 0 aliphatic carbocycles. The van der Waals surface area contributed by atoms with Crippen LogP contribution in [0, 0.1) is 0 Å². The second-order valence-electron chi connectivity index (χ2n) is 4.14. The van der Waals surface area contributed by atoms with Gasteiger partial charge in [0.25, 0.3) is 0 Å². The predicted octanol–water partition coefficient (Wildman–Crippen LogP) is 0.690. The summed E-state index contributed by atoms with van der Waals surface area (Å²) >= 11 is 0. The van der Waals surface area contributed by atoms with E-state index in [9.17, 15) is 9.59 Å². The Balaban J connectivity index is 2.48. The number of esters is 1. The number of carbonyl (C=O) groups is 2. The minimum atomic E-state index is -0.329. The molecule has 1 aromatic rings. The highest BCUT2D eigenvalue weighted by molar-refractivity contribution is 5.90. The second-order valence-corrected chi connectivity index (χ2v) is 4.14. The van der Waals surface area contributed by atoms with Crippen LogP contribution in [0.2, 0.25) is 0 Å². The molecule has 7 heteroatoms. The molecule has 0 aliphatic heterocycles. The maximum atomic E-state index is 11.9. The Bertz CT molecular complexity index is 425. The molecule has 20 heavy (non-hydrogen) atoms. The molecule has 0 saturated carbocycles. The molecular formula is C13H20N4O3. The molecule has 0 saturated heterocycles. The highest BCUT2D eigenvalue weighted by Gasteiger charge is 2.15. The minimum absolute atomic E-state index is 0.102. The normalized spacial score (nSPS) is 10.3. The molecule has 0 spiro atoms. The highest BCUT2D eigenvalue weighted by atomic mass is 16.5. The fraction of sp³-hybridized carbons (Fsp3) is 0.538. The summed E-state index contributed by atoms with van der Waals surface area (Å²) < 4.78 is 4.88. The Kier molecular flexibility index (Phi) is 7.20. The van der Waals surface area contributed by atoms with Crippen molar-refractivity contribution in [2.75, 3.05) is 31.6 Å². The van der Waals surface area contributed by atoms with Gasteiger partial charge in [-0.2, -0.15) is 0 Å². The second kappa shape index (κ2) is 8.98. The van der Waals surface area contributed by atoms with Crippen LogP contribution in [0.15, 0.2) is 18.5 Å². The number of rotatable bonds is 8. The van der Waals surface area contributed by atoms with Gasteiger partial charge in [-0.05, 0) is 26.0 Å². The summed E-state index contributed by atoms with van der Waals surface area (Å²) in [5, 5.41) is 2.58. The monoisotopic (exact) mass is 280 g/mol. The highest BCUT2D eigenvalue weighted by Crippen LogP contribution is 1.97. The Labute approximate surface area is 118 Å². The fourth-order valence-corrected chi connectivity index (χ4v) is 1.65. The van der Waals surface area contributed by atoms with Gasteiger partial charge < -0.3 is 4.74 Å². The summed E-state index contributed by atoms with van der Waals surface area (Å²) in [6.07, 6.45) is 3.94. The van der Waals surface area contributed by atoms with Gasteiger partial charge in [-0.1, -0.05) is 6.92 Å². The molecule has 1 aromatic heterocycles. The van der Waals surface area contributed by atoms with Gasteiger partial charge in [-0.3, -0.25) is 19.8 Å². The largest absolute Gasteiger partial charge is 0.465 e. The van der Waals surface area contributed by atoms with Crippen molar-refractivity contribution in [2.45, 2.75) is 20.3 Å². The lowest BCUT2D eigenvalue weighted by molar-refractivity contribution is -0.144. The standard InChI is InChI=1S/C13H20N4O3/c1-3-8-17(10-12(19)20-4-2)9-11(18)16-13-14-6-5-7-15-13/h5-7H,3-4,8-10H2,1-2H3,(H,14,15,16,18). The minimum Gasteiger partial charge on any atom is -0.465 e. The maximum absolute atomic E-state index is 11.9. The lowest BCUT2D eigenvalue weighted by Crippen LogP contribution is -2.38. The average molecular weight is 280 g/mol. The van der Waals surface area contributed by atoms with Gasteiger partial charge in [-0.25, -0.2) is 9.97 Å². The molecule has 1 heterocycles. The van der Waals surface area contributed by atoms with Crippen LogP contribution in [0.25, 0.3) is 0 Å². The molecule has 1 N–H and O–H groups in total. The first-order valence-electron chi connectivity index (χ1n) is 6.60. The first kappa shape index (κ1) is 16.0. The van der Waals surface area contributed by atoms with Crippen LogP contribution in [0.1, 0.15) is 20.3 Å². The van der Waals surface area contributed by atoms with Crippen molar-refractivity contribution in [3.8, 4) is 0 Å². The van der Waals surface area contributed by atoms with Crippen LogP contribution in [0.3, 0.4) is 0 Å². The molecule has 0 fully saturated rings. The van der Waals surface area contributed by atoms with E-state index in [2.05, 4.69) is 15.3 Å². The summed E-state index contributed by atoms with van der Waals surface area (Å²) in [5.41, 5.74) is 0. The summed E-state index contributed by atoms with van der Waals surface area (Å²) in [5.74, 6) is -0.330. The number of hydrogen-bond acceptors (Lipinski definition) is 6. The van der Waals surface area contributed by atoms with Crippen molar-refractivity contribution in [1.29, 1.82) is 0 Å². The van der Waals surface area contributed by atoms with Gasteiger partial charge in [0, 0.05) is 12.4 Å². The summed E-state index contributed by atoms with van der Waals surface area (Å²) in [6, 6.07) is 1.67. The first-order valence-corrected chi connectivity index (χ1v) is 6.60. The van der Waals surface area contributed by atoms with E-state index in [0.717, 1.165) is 6.42 Å². The van der Waals surface area contributed by atoms with Crippen LogP contribution in [0.5, 0.6) is 0 Å². The number of nitrogens with zero attached hydrogens (tertiary/aromatic N) is 3. The van der Waals surface area contributed by atoms with Crippen LogP contribution >= 0.6 is 0 Å². The lowest BCUT2D eigenvalue weighted by Gasteiger charge is -2.19. The van der Waals surface area contributed by atoms with Crippen molar-refractivity contribution < 1.29 is 14.3 Å². The first-order chi connectivity index (χ1) is 9.65. The molecule has 0 unspecified atom stereocenters. The van der Waals surface area contributed by atoms with Gasteiger partial charge in [0.05, 0.1) is 19.7 Å². The molecular weight excluding hydrogens is 260 g/mol. The number of hydrogen-bond donors (Lipinski definition) is 1. The molecule has 110 valence electrons. The zero-order chi connectivity index (χ0) is 14.8. The summed E-state index contributed by atoms with van der Waals surface area (Å²) in [6.45, 7) is 4.91. The van der Waals surface area contributed by atoms with Crippen molar-refractivity contribution >= 4 is 17.8 Å². The number of nitrogens with one attached hydrogen (secondary N) is 1. The summed E-state index contributed by atoms with van der Waals surface area (Å²) in [7, 11) is 0. The molecule has 0 aliphatic rings. The van der Waals surface area contributed by atoms with Crippen molar-refractivity contribution in [2.24, 2.45) is 0 Å². The number of carbonyl (C=O) groups excluding carboxylic acids is 2. The average Bonchev–Trinajstić information content (AvgIpc) is 2.40. The SMILES string of the molecule is CCCN(CC(=O)Nc1ncccn1)CC(=O)OCC. The Hall–Kier alpha value is -2.02. The van der Waals surface area contributed by atoms with Gasteiger partial charge in [-0.15, -0.1) is 0 Å². The Morgan fingerprint density at radius 2 is 1.95 bits per heavy atom. The molecule has 0 aromatic carbocycles. The third kappa shape index (κ3) is 6.24. The van der Waals surface area contributed by atoms with Crippen molar-refractivity contribution in [3.63, 3.8) is 0 Å². The molecule has 0 radical (unpaired) electrons. The van der Waals surface area contributed by atoms with Crippen LogP contribution in [-0.2, 0) is 14.3 Å². The van der Waals surface area contributed by atoms with Gasteiger partial charge in [0.2, 0.25) is 11.9 Å². The lowest BCUT2D eigenvalue weighted by atomic mass is 10.4. The maximum Gasteiger partial charge on any atom is 0.320 e. The number of anilines is 1. The molecule has 0 atom stereocenters. The van der Waals surface area contributed by atoms with E-state index < -0.39 is 0 Å². The molecule has 7 nitrogen and oxygen atoms in total. The van der Waals surface area contributed by atoms with Crippen LogP contribution in [-0.4, -0.2) is 53.0 Å². The van der Waals surface area contributed by atoms with Gasteiger partial charge in [0.15, 0.2) is 0 Å². The van der Waals surface area contributed by atoms with E-state index in [1.807, 2.05) is 6.92 Å². The van der Waals surface area contributed by atoms with E-state index in [-0.39, 0.29) is 30.9 Å². The van der Waals surface area contributed by atoms with Crippen LogP contribution < -0.4 is 5.32 Å². The van der Waals surface area contributed by atoms with Gasteiger partial charge in [0.1, 0.15) is 0 Å². The van der Waals surface area contributed by atoms with E-state index in [4.69, 9.17) is 4.74 Å². The smallest absolute Gasteiger partial charge is 0.320 e. The molecule has 1 rings (SSSR count). The zero-order valence-corrected chi connectivity index (χ0v) is 11.8.